The van der Waals surface area contributed by atoms with Crippen LogP contribution < -0.4 is 0 Å². The van der Waals surface area contributed by atoms with Crippen molar-refractivity contribution in [1.29, 1.82) is 0 Å². The molecule has 15 heavy (non-hydrogen) atoms. The van der Waals surface area contributed by atoms with Gasteiger partial charge in [-0.15, -0.1) is 0 Å². The largest absolute Gasteiger partial charge is 0.248 e. The zero-order chi connectivity index (χ0) is 10.5. The van der Waals surface area contributed by atoms with Crippen LogP contribution in [0.1, 0.15) is 11.4 Å². The highest BCUT2D eigenvalue weighted by Crippen LogP contribution is 2.10. The van der Waals surface area contributed by atoms with Crippen LogP contribution in [0.5, 0.6) is 0 Å². The fourth-order valence-electron chi connectivity index (χ4n) is 1.04. The number of halogens is 1. The minimum atomic E-state index is 0.556. The van der Waals surface area contributed by atoms with Gasteiger partial charge >= 0.3 is 0 Å². The molecule has 72 valence electrons. The van der Waals surface area contributed by atoms with Gasteiger partial charge in [-0.25, -0.2) is 9.97 Å². The Morgan fingerprint density at radius 2 is 1.80 bits per heavy atom. The maximum atomic E-state index is 5.91. The Bertz CT molecular complexity index is 512. The van der Waals surface area contributed by atoms with Crippen LogP contribution in [-0.4, -0.2) is 9.97 Å². The van der Waals surface area contributed by atoms with E-state index in [-0.39, 0.29) is 0 Å². The molecule has 0 saturated carbocycles. The summed E-state index contributed by atoms with van der Waals surface area (Å²) in [4.78, 5) is 8.14. The molecule has 0 aliphatic carbocycles. The van der Waals surface area contributed by atoms with Gasteiger partial charge in [0.05, 0.1) is 5.02 Å². The van der Waals surface area contributed by atoms with Crippen LogP contribution >= 0.6 is 11.6 Å². The van der Waals surface area contributed by atoms with E-state index in [4.69, 9.17) is 11.6 Å². The van der Waals surface area contributed by atoms with Crippen molar-refractivity contribution in [2.75, 3.05) is 0 Å². The van der Waals surface area contributed by atoms with Gasteiger partial charge < -0.3 is 0 Å². The number of nitrogens with zero attached hydrogens (tertiary/aromatic N) is 2. The summed E-state index contributed by atoms with van der Waals surface area (Å²) in [5.41, 5.74) is 1.28. The summed E-state index contributed by atoms with van der Waals surface area (Å²) < 4.78 is 0. The second-order valence-corrected chi connectivity index (χ2v) is 3.21. The van der Waals surface area contributed by atoms with Crippen molar-refractivity contribution in [2.45, 2.75) is 0 Å². The van der Waals surface area contributed by atoms with E-state index < -0.39 is 0 Å². The summed E-state index contributed by atoms with van der Waals surface area (Å²) >= 11 is 5.91. The van der Waals surface area contributed by atoms with Gasteiger partial charge in [-0.05, 0) is 36.1 Å². The van der Waals surface area contributed by atoms with Gasteiger partial charge in [-0.1, -0.05) is 17.7 Å². The first kappa shape index (κ1) is 9.70. The number of hydrogen-bond acceptors (Lipinski definition) is 2. The molecule has 2 rings (SSSR count). The Morgan fingerprint density at radius 1 is 0.933 bits per heavy atom. The van der Waals surface area contributed by atoms with Gasteiger partial charge in [0, 0.05) is 12.4 Å². The molecule has 0 amide bonds. The molecule has 0 aliphatic rings. The fraction of sp³-hybridized carbons (Fsp3) is 0. The molecule has 0 bridgehead atoms. The molecule has 0 radical (unpaired) electrons. The SMILES string of the molecule is Clc1cccnc1C#Cc1ccccn1. The quantitative estimate of drug-likeness (QED) is 0.630. The third-order valence-electron chi connectivity index (χ3n) is 1.73. The van der Waals surface area contributed by atoms with Crippen LogP contribution in [0.4, 0.5) is 0 Å². The average molecular weight is 215 g/mol. The molecule has 0 aromatic carbocycles. The van der Waals surface area contributed by atoms with Gasteiger partial charge in [-0.3, -0.25) is 0 Å². The third kappa shape index (κ3) is 2.55. The first-order valence-electron chi connectivity index (χ1n) is 4.40. The molecule has 0 unspecified atom stereocenters. The Morgan fingerprint density at radius 3 is 2.53 bits per heavy atom. The van der Waals surface area contributed by atoms with E-state index in [9.17, 15) is 0 Å². The lowest BCUT2D eigenvalue weighted by Crippen LogP contribution is -1.83. The van der Waals surface area contributed by atoms with Crippen LogP contribution in [-0.2, 0) is 0 Å². The Balaban J connectivity index is 2.31. The second kappa shape index (κ2) is 4.59. The van der Waals surface area contributed by atoms with Crippen molar-refractivity contribution in [2.24, 2.45) is 0 Å². The molecule has 0 saturated heterocycles. The molecule has 0 aliphatic heterocycles. The van der Waals surface area contributed by atoms with Crippen molar-refractivity contribution in [3.05, 3.63) is 59.1 Å². The van der Waals surface area contributed by atoms with Crippen molar-refractivity contribution in [3.63, 3.8) is 0 Å². The van der Waals surface area contributed by atoms with Crippen molar-refractivity contribution in [1.82, 2.24) is 9.97 Å². The monoisotopic (exact) mass is 214 g/mol. The van der Waals surface area contributed by atoms with E-state index in [1.165, 1.54) is 0 Å². The molecule has 2 aromatic heterocycles. The highest BCUT2D eigenvalue weighted by molar-refractivity contribution is 6.31. The van der Waals surface area contributed by atoms with Gasteiger partial charge in [-0.2, -0.15) is 0 Å². The second-order valence-electron chi connectivity index (χ2n) is 2.80. The topological polar surface area (TPSA) is 25.8 Å². The summed E-state index contributed by atoms with van der Waals surface area (Å²) in [5.74, 6) is 5.77. The van der Waals surface area contributed by atoms with Gasteiger partial charge in [0.2, 0.25) is 0 Å². The first-order chi connectivity index (χ1) is 7.36. The first-order valence-corrected chi connectivity index (χ1v) is 4.77. The zero-order valence-electron chi connectivity index (χ0n) is 7.81. The molecule has 0 fully saturated rings. The number of hydrogen-bond donors (Lipinski definition) is 0. The Kier molecular flexibility index (Phi) is 2.96. The highest BCUT2D eigenvalue weighted by atomic mass is 35.5. The van der Waals surface area contributed by atoms with Crippen molar-refractivity contribution in [3.8, 4) is 11.8 Å². The molecule has 0 spiro atoms. The predicted octanol–water partition coefficient (Wildman–Crippen LogP) is 2.53. The minimum Gasteiger partial charge on any atom is -0.248 e. The Labute approximate surface area is 93.0 Å². The van der Waals surface area contributed by atoms with Crippen LogP contribution in [0.25, 0.3) is 0 Å². The van der Waals surface area contributed by atoms with Crippen LogP contribution in [0.15, 0.2) is 42.7 Å². The molecule has 0 N–H and O–H groups in total. The van der Waals surface area contributed by atoms with E-state index in [2.05, 4.69) is 21.8 Å². The van der Waals surface area contributed by atoms with Crippen LogP contribution in [0, 0.1) is 11.8 Å². The maximum Gasteiger partial charge on any atom is 0.132 e. The normalized spacial score (nSPS) is 9.13. The fourth-order valence-corrected chi connectivity index (χ4v) is 1.21. The third-order valence-corrected chi connectivity index (χ3v) is 2.04. The summed E-state index contributed by atoms with van der Waals surface area (Å²) in [5, 5.41) is 0.556. The molecule has 2 heterocycles. The van der Waals surface area contributed by atoms with E-state index in [0.29, 0.717) is 16.4 Å². The van der Waals surface area contributed by atoms with E-state index >= 15 is 0 Å². The molecule has 0 atom stereocenters. The average Bonchev–Trinajstić information content (AvgIpc) is 2.29. The highest BCUT2D eigenvalue weighted by Gasteiger charge is 1.94. The maximum absolute atomic E-state index is 5.91. The van der Waals surface area contributed by atoms with E-state index in [1.54, 1.807) is 24.5 Å². The summed E-state index contributed by atoms with van der Waals surface area (Å²) in [6, 6.07) is 9.10. The molecular formula is C12H7ClN2. The number of pyridine rings is 2. The van der Waals surface area contributed by atoms with Crippen LogP contribution in [0.3, 0.4) is 0 Å². The minimum absolute atomic E-state index is 0.556. The molecule has 2 nitrogen and oxygen atoms in total. The van der Waals surface area contributed by atoms with E-state index in [0.717, 1.165) is 0 Å². The zero-order valence-corrected chi connectivity index (χ0v) is 8.57. The summed E-state index contributed by atoms with van der Waals surface area (Å²) in [6.07, 6.45) is 3.36. The van der Waals surface area contributed by atoms with Crippen molar-refractivity contribution >= 4 is 11.6 Å². The molecular weight excluding hydrogens is 208 g/mol. The lowest BCUT2D eigenvalue weighted by Gasteiger charge is -1.91. The van der Waals surface area contributed by atoms with Crippen molar-refractivity contribution < 1.29 is 0 Å². The lowest BCUT2D eigenvalue weighted by atomic mass is 10.3. The smallest absolute Gasteiger partial charge is 0.132 e. The lowest BCUT2D eigenvalue weighted by molar-refractivity contribution is 1.27. The standard InChI is InChI=1S/C12H7ClN2/c13-11-5-3-9-15-12(11)7-6-10-4-1-2-8-14-10/h1-5,8-9H. The molecule has 2 aromatic rings. The van der Waals surface area contributed by atoms with Crippen LogP contribution in [0.2, 0.25) is 5.02 Å². The van der Waals surface area contributed by atoms with E-state index in [1.807, 2.05) is 18.2 Å². The summed E-state index contributed by atoms with van der Waals surface area (Å²) in [7, 11) is 0. The predicted molar refractivity (Wildman–Crippen MR) is 59.5 cm³/mol. The molecule has 3 heteroatoms. The Hall–Kier alpha value is -1.85. The summed E-state index contributed by atoms with van der Waals surface area (Å²) in [6.45, 7) is 0. The number of aromatic nitrogens is 2. The van der Waals surface area contributed by atoms with Gasteiger partial charge in [0.15, 0.2) is 0 Å². The van der Waals surface area contributed by atoms with Gasteiger partial charge in [0.1, 0.15) is 11.4 Å². The van der Waals surface area contributed by atoms with Gasteiger partial charge in [0.25, 0.3) is 0 Å². The number of rotatable bonds is 0.